The largest absolute Gasteiger partial charge is 0.0838 e. The molecular weight excluding hydrogens is 248 g/mol. The average molecular weight is 261 g/mol. The van der Waals surface area contributed by atoms with Gasteiger partial charge in [0.15, 0.2) is 0 Å². The van der Waals surface area contributed by atoms with E-state index >= 15 is 0 Å². The molecule has 0 nitrogen and oxygen atoms in total. The van der Waals surface area contributed by atoms with Crippen LogP contribution in [0.2, 0.25) is 0 Å². The Hall–Kier alpha value is -0.820. The number of halogens is 1. The zero-order valence-electron chi connectivity index (χ0n) is 8.70. The fraction of sp³-hybridized carbons (Fsp3) is 0.286. The average Bonchev–Trinajstić information content (AvgIpc) is 2.55. The van der Waals surface area contributed by atoms with Gasteiger partial charge in [-0.3, -0.25) is 0 Å². The second-order valence-corrected chi connectivity index (χ2v) is 5.50. The molecule has 2 aromatic rings. The van der Waals surface area contributed by atoms with Crippen molar-refractivity contribution in [1.82, 2.24) is 0 Å². The summed E-state index contributed by atoms with van der Waals surface area (Å²) in [6, 6.07) is 13.2. The quantitative estimate of drug-likeness (QED) is 0.598. The van der Waals surface area contributed by atoms with E-state index < -0.39 is 0 Å². The van der Waals surface area contributed by atoms with Gasteiger partial charge in [-0.2, -0.15) is 0 Å². The van der Waals surface area contributed by atoms with Gasteiger partial charge in [-0.1, -0.05) is 59.3 Å². The van der Waals surface area contributed by atoms with Crippen molar-refractivity contribution in [2.24, 2.45) is 0 Å². The van der Waals surface area contributed by atoms with Gasteiger partial charge < -0.3 is 0 Å². The van der Waals surface area contributed by atoms with E-state index in [1.54, 1.807) is 5.56 Å². The van der Waals surface area contributed by atoms with Gasteiger partial charge in [0.1, 0.15) is 0 Å². The minimum atomic E-state index is 0.548. The summed E-state index contributed by atoms with van der Waals surface area (Å²) in [7, 11) is 0. The summed E-state index contributed by atoms with van der Waals surface area (Å²) in [6.45, 7) is 2.33. The Morgan fingerprint density at radius 3 is 2.80 bits per heavy atom. The molecule has 0 saturated heterocycles. The van der Waals surface area contributed by atoms with Gasteiger partial charge >= 0.3 is 0 Å². The monoisotopic (exact) mass is 260 g/mol. The van der Waals surface area contributed by atoms with Crippen molar-refractivity contribution in [3.8, 4) is 0 Å². The van der Waals surface area contributed by atoms with Crippen LogP contribution in [-0.2, 0) is 0 Å². The van der Waals surface area contributed by atoms with Gasteiger partial charge in [0.2, 0.25) is 0 Å². The molecule has 0 aliphatic heterocycles. The van der Waals surface area contributed by atoms with E-state index in [1.807, 2.05) is 0 Å². The number of rotatable bonds is 0. The molecule has 2 atom stereocenters. The van der Waals surface area contributed by atoms with E-state index in [0.29, 0.717) is 10.7 Å². The Morgan fingerprint density at radius 1 is 1.13 bits per heavy atom. The smallest absolute Gasteiger partial charge is 0.0404 e. The fourth-order valence-corrected chi connectivity index (χ4v) is 3.65. The Morgan fingerprint density at radius 2 is 1.93 bits per heavy atom. The summed E-state index contributed by atoms with van der Waals surface area (Å²) in [5.41, 5.74) is 3.04. The van der Waals surface area contributed by atoms with Gasteiger partial charge in [0.05, 0.1) is 0 Å². The minimum Gasteiger partial charge on any atom is -0.0838 e. The van der Waals surface area contributed by atoms with E-state index in [4.69, 9.17) is 0 Å². The summed E-state index contributed by atoms with van der Waals surface area (Å²) >= 11 is 3.76. The van der Waals surface area contributed by atoms with Crippen LogP contribution in [0.3, 0.4) is 0 Å². The van der Waals surface area contributed by atoms with E-state index in [9.17, 15) is 0 Å². The number of hydrogen-bond donors (Lipinski definition) is 0. The highest BCUT2D eigenvalue weighted by Gasteiger charge is 2.27. The SMILES string of the molecule is CC1CC(Br)c2ccc3ccccc3c21. The lowest BCUT2D eigenvalue weighted by Crippen LogP contribution is -1.88. The first-order valence-electron chi connectivity index (χ1n) is 5.43. The van der Waals surface area contributed by atoms with E-state index in [2.05, 4.69) is 59.3 Å². The van der Waals surface area contributed by atoms with Crippen LogP contribution in [0.25, 0.3) is 10.8 Å². The van der Waals surface area contributed by atoms with Gasteiger partial charge in [-0.25, -0.2) is 0 Å². The summed E-state index contributed by atoms with van der Waals surface area (Å²) in [4.78, 5) is 0.548. The molecular formula is C14H13Br. The standard InChI is InChI=1S/C14H13Br/c1-9-8-13(15)12-7-6-10-4-2-3-5-11(10)14(9)12/h2-7,9,13H,8H2,1H3. The van der Waals surface area contributed by atoms with Crippen LogP contribution >= 0.6 is 15.9 Å². The highest BCUT2D eigenvalue weighted by molar-refractivity contribution is 9.09. The maximum Gasteiger partial charge on any atom is 0.0404 e. The Bertz CT molecular complexity index is 516. The molecule has 1 heteroatoms. The number of benzene rings is 2. The molecule has 0 amide bonds. The van der Waals surface area contributed by atoms with Gasteiger partial charge in [-0.15, -0.1) is 0 Å². The predicted octanol–water partition coefficient (Wildman–Crippen LogP) is 4.78. The molecule has 0 fully saturated rings. The topological polar surface area (TPSA) is 0 Å². The molecule has 2 aromatic carbocycles. The maximum atomic E-state index is 3.76. The van der Waals surface area contributed by atoms with E-state index in [1.165, 1.54) is 22.8 Å². The normalized spacial score (nSPS) is 24.4. The zero-order valence-corrected chi connectivity index (χ0v) is 10.3. The molecule has 1 aliphatic carbocycles. The number of fused-ring (bicyclic) bond motifs is 3. The van der Waals surface area contributed by atoms with Crippen molar-refractivity contribution in [2.45, 2.75) is 24.1 Å². The minimum absolute atomic E-state index is 0.548. The van der Waals surface area contributed by atoms with Crippen LogP contribution in [0, 0.1) is 0 Å². The molecule has 3 rings (SSSR count). The van der Waals surface area contributed by atoms with Gasteiger partial charge in [0.25, 0.3) is 0 Å². The highest BCUT2D eigenvalue weighted by atomic mass is 79.9. The molecule has 0 saturated carbocycles. The van der Waals surface area contributed by atoms with Crippen molar-refractivity contribution in [2.75, 3.05) is 0 Å². The van der Waals surface area contributed by atoms with Crippen molar-refractivity contribution < 1.29 is 0 Å². The van der Waals surface area contributed by atoms with Crippen molar-refractivity contribution >= 4 is 26.7 Å². The van der Waals surface area contributed by atoms with Crippen LogP contribution < -0.4 is 0 Å². The second kappa shape index (κ2) is 3.34. The molecule has 2 unspecified atom stereocenters. The first-order chi connectivity index (χ1) is 7.27. The molecule has 0 aromatic heterocycles. The van der Waals surface area contributed by atoms with Gasteiger partial charge in [-0.05, 0) is 34.2 Å². The summed E-state index contributed by atoms with van der Waals surface area (Å²) in [5.74, 6) is 0.676. The third-order valence-electron chi connectivity index (χ3n) is 3.40. The molecule has 0 spiro atoms. The molecule has 0 N–H and O–H groups in total. The number of alkyl halides is 1. The first kappa shape index (κ1) is 9.41. The van der Waals surface area contributed by atoms with Crippen LogP contribution in [0.4, 0.5) is 0 Å². The second-order valence-electron chi connectivity index (χ2n) is 4.39. The molecule has 0 bridgehead atoms. The summed E-state index contributed by atoms with van der Waals surface area (Å²) in [5, 5.41) is 2.80. The van der Waals surface area contributed by atoms with Crippen LogP contribution in [-0.4, -0.2) is 0 Å². The Kier molecular flexibility index (Phi) is 2.10. The molecule has 1 aliphatic rings. The summed E-state index contributed by atoms with van der Waals surface area (Å²) < 4.78 is 0. The lowest BCUT2D eigenvalue weighted by Gasteiger charge is -2.09. The predicted molar refractivity (Wildman–Crippen MR) is 68.6 cm³/mol. The fourth-order valence-electron chi connectivity index (χ4n) is 2.69. The molecule has 0 radical (unpaired) electrons. The molecule has 0 heterocycles. The highest BCUT2D eigenvalue weighted by Crippen LogP contribution is 2.47. The molecule has 76 valence electrons. The zero-order chi connectivity index (χ0) is 10.4. The van der Waals surface area contributed by atoms with Crippen molar-refractivity contribution in [1.29, 1.82) is 0 Å². The van der Waals surface area contributed by atoms with E-state index in [0.717, 1.165) is 0 Å². The Balaban J connectivity index is 2.39. The first-order valence-corrected chi connectivity index (χ1v) is 6.34. The van der Waals surface area contributed by atoms with Crippen LogP contribution in [0.1, 0.15) is 35.2 Å². The maximum absolute atomic E-state index is 3.76. The lowest BCUT2D eigenvalue weighted by molar-refractivity contribution is 0.747. The van der Waals surface area contributed by atoms with Crippen molar-refractivity contribution in [3.63, 3.8) is 0 Å². The number of hydrogen-bond acceptors (Lipinski definition) is 0. The van der Waals surface area contributed by atoms with Gasteiger partial charge in [0, 0.05) is 4.83 Å². The molecule has 15 heavy (non-hydrogen) atoms. The third kappa shape index (κ3) is 1.33. The van der Waals surface area contributed by atoms with Crippen LogP contribution in [0.15, 0.2) is 36.4 Å². The Labute approximate surface area is 98.4 Å². The summed E-state index contributed by atoms with van der Waals surface area (Å²) in [6.07, 6.45) is 1.23. The lowest BCUT2D eigenvalue weighted by atomic mass is 9.96. The van der Waals surface area contributed by atoms with E-state index in [-0.39, 0.29) is 0 Å². The van der Waals surface area contributed by atoms with Crippen molar-refractivity contribution in [3.05, 3.63) is 47.5 Å². The third-order valence-corrected chi connectivity index (χ3v) is 4.26. The van der Waals surface area contributed by atoms with Crippen LogP contribution in [0.5, 0.6) is 0 Å².